The van der Waals surface area contributed by atoms with Crippen molar-refractivity contribution in [3.05, 3.63) is 59.7 Å². The van der Waals surface area contributed by atoms with E-state index in [1.807, 2.05) is 24.3 Å². The number of ether oxygens (including phenoxy) is 1. The Kier molecular flexibility index (Phi) is 3.41. The van der Waals surface area contributed by atoms with Gasteiger partial charge in [0.2, 0.25) is 0 Å². The van der Waals surface area contributed by atoms with Crippen LogP contribution in [0.1, 0.15) is 30.4 Å². The fourth-order valence-corrected chi connectivity index (χ4v) is 2.52. The lowest BCUT2D eigenvalue weighted by molar-refractivity contribution is 0.305. The Labute approximate surface area is 114 Å². The number of anilines is 1. The zero-order chi connectivity index (χ0) is 13.1. The van der Waals surface area contributed by atoms with E-state index in [0.717, 1.165) is 12.3 Å². The molecule has 98 valence electrons. The highest BCUT2D eigenvalue weighted by molar-refractivity contribution is 5.57. The third-order valence-corrected chi connectivity index (χ3v) is 3.70. The number of hydrogen-bond acceptors (Lipinski definition) is 2. The van der Waals surface area contributed by atoms with Crippen LogP contribution in [0, 0.1) is 0 Å². The molecule has 2 heteroatoms. The topological polar surface area (TPSA) is 21.3 Å². The van der Waals surface area contributed by atoms with Gasteiger partial charge in [-0.15, -0.1) is 0 Å². The molecule has 0 amide bonds. The average Bonchev–Trinajstić information content (AvgIpc) is 2.47. The summed E-state index contributed by atoms with van der Waals surface area (Å²) in [7, 11) is 0. The van der Waals surface area contributed by atoms with Crippen LogP contribution in [0.2, 0.25) is 0 Å². The molecule has 0 radical (unpaired) electrons. The molecule has 1 aliphatic rings. The van der Waals surface area contributed by atoms with E-state index in [-0.39, 0.29) is 0 Å². The first-order valence-electron chi connectivity index (χ1n) is 6.87. The largest absolute Gasteiger partial charge is 0.489 e. The normalized spacial score (nSPS) is 17.4. The second-order valence-corrected chi connectivity index (χ2v) is 5.14. The summed E-state index contributed by atoms with van der Waals surface area (Å²) in [6, 6.07) is 16.6. The SMILES string of the molecule is CC1CCNc2ccc(OCc3ccccc3)cc21. The van der Waals surface area contributed by atoms with E-state index in [1.54, 1.807) is 0 Å². The van der Waals surface area contributed by atoms with Gasteiger partial charge >= 0.3 is 0 Å². The van der Waals surface area contributed by atoms with Crippen molar-refractivity contribution in [2.75, 3.05) is 11.9 Å². The maximum atomic E-state index is 5.88. The molecule has 3 rings (SSSR count). The van der Waals surface area contributed by atoms with Crippen LogP contribution in [0.4, 0.5) is 5.69 Å². The molecule has 2 aromatic rings. The number of benzene rings is 2. The Morgan fingerprint density at radius 1 is 1.16 bits per heavy atom. The molecule has 0 aromatic heterocycles. The Hall–Kier alpha value is -1.96. The molecule has 0 saturated heterocycles. The summed E-state index contributed by atoms with van der Waals surface area (Å²) >= 11 is 0. The second-order valence-electron chi connectivity index (χ2n) is 5.14. The van der Waals surface area contributed by atoms with E-state index in [1.165, 1.54) is 23.2 Å². The van der Waals surface area contributed by atoms with Gasteiger partial charge in [-0.3, -0.25) is 0 Å². The van der Waals surface area contributed by atoms with Crippen LogP contribution in [-0.4, -0.2) is 6.54 Å². The average molecular weight is 253 g/mol. The standard InChI is InChI=1S/C17H19NO/c1-13-9-10-18-17-8-7-15(11-16(13)17)19-12-14-5-3-2-4-6-14/h2-8,11,13,18H,9-10,12H2,1H3. The summed E-state index contributed by atoms with van der Waals surface area (Å²) in [6.45, 7) is 3.97. The van der Waals surface area contributed by atoms with Crippen molar-refractivity contribution in [2.45, 2.75) is 25.9 Å². The lowest BCUT2D eigenvalue weighted by atomic mass is 9.93. The van der Waals surface area contributed by atoms with E-state index in [9.17, 15) is 0 Å². The minimum absolute atomic E-state index is 0.608. The van der Waals surface area contributed by atoms with Gasteiger partial charge in [-0.1, -0.05) is 37.3 Å². The van der Waals surface area contributed by atoms with Crippen LogP contribution < -0.4 is 10.1 Å². The Balaban J connectivity index is 1.74. The number of fused-ring (bicyclic) bond motifs is 1. The van der Waals surface area contributed by atoms with Gasteiger partial charge in [-0.25, -0.2) is 0 Å². The first-order chi connectivity index (χ1) is 9.33. The van der Waals surface area contributed by atoms with Gasteiger partial charge < -0.3 is 10.1 Å². The Bertz CT molecular complexity index is 550. The number of rotatable bonds is 3. The van der Waals surface area contributed by atoms with Crippen LogP contribution in [0.3, 0.4) is 0 Å². The molecular weight excluding hydrogens is 234 g/mol. The molecule has 0 bridgehead atoms. The molecule has 1 atom stereocenters. The molecule has 1 N–H and O–H groups in total. The summed E-state index contributed by atoms with van der Waals surface area (Å²) in [6.07, 6.45) is 1.19. The van der Waals surface area contributed by atoms with E-state index in [0.29, 0.717) is 12.5 Å². The third-order valence-electron chi connectivity index (χ3n) is 3.70. The fourth-order valence-electron chi connectivity index (χ4n) is 2.52. The maximum Gasteiger partial charge on any atom is 0.120 e. The van der Waals surface area contributed by atoms with Crippen molar-refractivity contribution in [3.8, 4) is 5.75 Å². The Morgan fingerprint density at radius 3 is 2.84 bits per heavy atom. The highest BCUT2D eigenvalue weighted by Gasteiger charge is 2.16. The smallest absolute Gasteiger partial charge is 0.120 e. The van der Waals surface area contributed by atoms with Gasteiger partial charge in [0.05, 0.1) is 0 Å². The van der Waals surface area contributed by atoms with Crippen molar-refractivity contribution < 1.29 is 4.74 Å². The van der Waals surface area contributed by atoms with Crippen molar-refractivity contribution in [1.29, 1.82) is 0 Å². The number of hydrogen-bond donors (Lipinski definition) is 1. The molecule has 0 fully saturated rings. The highest BCUT2D eigenvalue weighted by Crippen LogP contribution is 2.33. The van der Waals surface area contributed by atoms with Gasteiger partial charge in [0.15, 0.2) is 0 Å². The summed E-state index contributed by atoms with van der Waals surface area (Å²) in [5.41, 5.74) is 3.83. The Morgan fingerprint density at radius 2 is 2.00 bits per heavy atom. The van der Waals surface area contributed by atoms with E-state index in [4.69, 9.17) is 4.74 Å². The van der Waals surface area contributed by atoms with Gasteiger partial charge in [-0.2, -0.15) is 0 Å². The van der Waals surface area contributed by atoms with E-state index in [2.05, 4.69) is 36.5 Å². The van der Waals surface area contributed by atoms with Crippen molar-refractivity contribution >= 4 is 5.69 Å². The lowest BCUT2D eigenvalue weighted by Gasteiger charge is -2.24. The van der Waals surface area contributed by atoms with E-state index < -0.39 is 0 Å². The lowest BCUT2D eigenvalue weighted by Crippen LogP contribution is -2.14. The van der Waals surface area contributed by atoms with Gasteiger partial charge in [-0.05, 0) is 41.7 Å². The maximum absolute atomic E-state index is 5.88. The molecule has 2 aromatic carbocycles. The van der Waals surface area contributed by atoms with E-state index >= 15 is 0 Å². The summed E-state index contributed by atoms with van der Waals surface area (Å²) < 4.78 is 5.88. The number of nitrogens with one attached hydrogen (secondary N) is 1. The van der Waals surface area contributed by atoms with Crippen LogP contribution in [-0.2, 0) is 6.61 Å². The van der Waals surface area contributed by atoms with Crippen molar-refractivity contribution in [2.24, 2.45) is 0 Å². The molecule has 0 spiro atoms. The second kappa shape index (κ2) is 5.35. The molecule has 19 heavy (non-hydrogen) atoms. The van der Waals surface area contributed by atoms with Crippen LogP contribution in [0.25, 0.3) is 0 Å². The van der Waals surface area contributed by atoms with Crippen LogP contribution in [0.15, 0.2) is 48.5 Å². The van der Waals surface area contributed by atoms with Crippen molar-refractivity contribution in [3.63, 3.8) is 0 Å². The zero-order valence-electron chi connectivity index (χ0n) is 11.2. The minimum atomic E-state index is 0.608. The zero-order valence-corrected chi connectivity index (χ0v) is 11.2. The molecule has 2 nitrogen and oxygen atoms in total. The van der Waals surface area contributed by atoms with Gasteiger partial charge in [0, 0.05) is 12.2 Å². The minimum Gasteiger partial charge on any atom is -0.489 e. The van der Waals surface area contributed by atoms with Crippen LogP contribution >= 0.6 is 0 Å². The first-order valence-corrected chi connectivity index (χ1v) is 6.87. The van der Waals surface area contributed by atoms with Crippen molar-refractivity contribution in [1.82, 2.24) is 0 Å². The predicted octanol–water partition coefficient (Wildman–Crippen LogP) is 4.18. The summed E-state index contributed by atoms with van der Waals surface area (Å²) in [4.78, 5) is 0. The van der Waals surface area contributed by atoms with Gasteiger partial charge in [0.1, 0.15) is 12.4 Å². The predicted molar refractivity (Wildman–Crippen MR) is 78.7 cm³/mol. The van der Waals surface area contributed by atoms with Crippen LogP contribution in [0.5, 0.6) is 5.75 Å². The molecule has 1 heterocycles. The molecule has 0 saturated carbocycles. The molecule has 1 unspecified atom stereocenters. The summed E-state index contributed by atoms with van der Waals surface area (Å²) in [5, 5.41) is 3.44. The first kappa shape index (κ1) is 12.1. The monoisotopic (exact) mass is 253 g/mol. The third kappa shape index (κ3) is 2.73. The summed E-state index contributed by atoms with van der Waals surface area (Å²) in [5.74, 6) is 1.56. The molecular formula is C17H19NO. The molecule has 1 aliphatic heterocycles. The molecule has 0 aliphatic carbocycles. The fraction of sp³-hybridized carbons (Fsp3) is 0.294. The quantitative estimate of drug-likeness (QED) is 0.885. The highest BCUT2D eigenvalue weighted by atomic mass is 16.5. The van der Waals surface area contributed by atoms with Gasteiger partial charge in [0.25, 0.3) is 0 Å².